The van der Waals surface area contributed by atoms with Crippen LogP contribution >= 0.6 is 0 Å². The fourth-order valence-electron chi connectivity index (χ4n) is 4.75. The number of hydrogen-bond acceptors (Lipinski definition) is 6. The SMILES string of the molecule is CC1=C(C(=O)OCc2cccc(-c3ccccc3)c2)C(c2cccc3ccccc23)n2nnnc2N1. The van der Waals surface area contributed by atoms with Crippen LogP contribution in [0.15, 0.2) is 108 Å². The summed E-state index contributed by atoms with van der Waals surface area (Å²) in [5, 5.41) is 17.4. The molecular formula is C29H23N5O2. The van der Waals surface area contributed by atoms with Crippen LogP contribution in [-0.4, -0.2) is 26.2 Å². The van der Waals surface area contributed by atoms with E-state index in [1.807, 2.05) is 79.7 Å². The minimum Gasteiger partial charge on any atom is -0.457 e. The first-order valence-electron chi connectivity index (χ1n) is 11.7. The average Bonchev–Trinajstić information content (AvgIpc) is 3.39. The second-order valence-electron chi connectivity index (χ2n) is 8.72. The van der Waals surface area contributed by atoms with Gasteiger partial charge in [0.2, 0.25) is 5.95 Å². The van der Waals surface area contributed by atoms with E-state index < -0.39 is 12.0 Å². The van der Waals surface area contributed by atoms with Crippen LogP contribution in [0, 0.1) is 0 Å². The Hall–Kier alpha value is -4.78. The highest BCUT2D eigenvalue weighted by atomic mass is 16.5. The van der Waals surface area contributed by atoms with Crippen LogP contribution in [-0.2, 0) is 16.1 Å². The molecule has 7 nitrogen and oxygen atoms in total. The molecule has 6 rings (SSSR count). The monoisotopic (exact) mass is 473 g/mol. The van der Waals surface area contributed by atoms with Gasteiger partial charge >= 0.3 is 5.97 Å². The Bertz CT molecular complexity index is 1600. The molecular weight excluding hydrogens is 450 g/mol. The van der Waals surface area contributed by atoms with Crippen LogP contribution in [0.25, 0.3) is 21.9 Å². The van der Waals surface area contributed by atoms with Crippen LogP contribution in [0.4, 0.5) is 5.95 Å². The molecule has 0 aliphatic carbocycles. The number of anilines is 1. The first kappa shape index (κ1) is 21.7. The fraction of sp³-hybridized carbons (Fsp3) is 0.103. The molecule has 1 unspecified atom stereocenters. The molecule has 1 atom stereocenters. The molecule has 0 radical (unpaired) electrons. The number of allylic oxidation sites excluding steroid dienone is 1. The molecule has 4 aromatic carbocycles. The normalized spacial score (nSPS) is 14.9. The second-order valence-corrected chi connectivity index (χ2v) is 8.72. The molecule has 0 fully saturated rings. The van der Waals surface area contributed by atoms with E-state index in [1.54, 1.807) is 4.68 Å². The van der Waals surface area contributed by atoms with Crippen molar-refractivity contribution in [2.24, 2.45) is 0 Å². The van der Waals surface area contributed by atoms with Crippen molar-refractivity contribution in [1.29, 1.82) is 0 Å². The Morgan fingerprint density at radius 2 is 1.67 bits per heavy atom. The maximum absolute atomic E-state index is 13.6. The van der Waals surface area contributed by atoms with Gasteiger partial charge in [0.15, 0.2) is 0 Å². The Balaban J connectivity index is 1.33. The van der Waals surface area contributed by atoms with E-state index in [2.05, 4.69) is 45.1 Å². The van der Waals surface area contributed by atoms with Crippen LogP contribution < -0.4 is 5.32 Å². The number of rotatable bonds is 5. The number of benzene rings is 4. The van der Waals surface area contributed by atoms with Crippen molar-refractivity contribution in [1.82, 2.24) is 20.2 Å². The molecule has 0 bridgehead atoms. The van der Waals surface area contributed by atoms with E-state index in [0.29, 0.717) is 17.2 Å². The van der Waals surface area contributed by atoms with Crippen LogP contribution in [0.2, 0.25) is 0 Å². The van der Waals surface area contributed by atoms with Gasteiger partial charge in [-0.1, -0.05) is 96.1 Å². The zero-order chi connectivity index (χ0) is 24.5. The van der Waals surface area contributed by atoms with Crippen LogP contribution in [0.5, 0.6) is 0 Å². The summed E-state index contributed by atoms with van der Waals surface area (Å²) >= 11 is 0. The van der Waals surface area contributed by atoms with Gasteiger partial charge in [-0.05, 0) is 56.4 Å². The molecule has 176 valence electrons. The average molecular weight is 474 g/mol. The molecule has 1 aliphatic rings. The molecule has 36 heavy (non-hydrogen) atoms. The van der Waals surface area contributed by atoms with Gasteiger partial charge in [-0.15, -0.1) is 0 Å². The summed E-state index contributed by atoms with van der Waals surface area (Å²) in [6.07, 6.45) is 0. The number of esters is 1. The number of nitrogens with zero attached hydrogens (tertiary/aromatic N) is 4. The fourth-order valence-corrected chi connectivity index (χ4v) is 4.75. The first-order chi connectivity index (χ1) is 17.7. The summed E-state index contributed by atoms with van der Waals surface area (Å²) in [7, 11) is 0. The number of aromatic nitrogens is 4. The van der Waals surface area contributed by atoms with Crippen LogP contribution in [0.1, 0.15) is 24.1 Å². The lowest BCUT2D eigenvalue weighted by atomic mass is 9.91. The van der Waals surface area contributed by atoms with E-state index in [4.69, 9.17) is 4.74 Å². The quantitative estimate of drug-likeness (QED) is 0.338. The van der Waals surface area contributed by atoms with Crippen molar-refractivity contribution in [3.63, 3.8) is 0 Å². The number of hydrogen-bond donors (Lipinski definition) is 1. The largest absolute Gasteiger partial charge is 0.457 e. The van der Waals surface area contributed by atoms with Gasteiger partial charge in [0.05, 0.1) is 5.57 Å². The molecule has 1 N–H and O–H groups in total. The van der Waals surface area contributed by atoms with E-state index in [9.17, 15) is 4.79 Å². The highest BCUT2D eigenvalue weighted by Crippen LogP contribution is 2.38. The third-order valence-electron chi connectivity index (χ3n) is 6.46. The standard InChI is InChI=1S/C29H23N5O2/c1-19-26(28(35)36-18-20-9-7-14-23(17-20)21-10-3-2-4-11-21)27(34-29(30-19)31-32-33-34)25-16-8-13-22-12-5-6-15-24(22)25/h2-17,27H,18H2,1H3,(H,30,31,33). The summed E-state index contributed by atoms with van der Waals surface area (Å²) < 4.78 is 7.51. The number of carbonyl (C=O) groups is 1. The second kappa shape index (κ2) is 9.11. The molecule has 7 heteroatoms. The van der Waals surface area contributed by atoms with Gasteiger partial charge in [-0.3, -0.25) is 0 Å². The molecule has 5 aromatic rings. The lowest BCUT2D eigenvalue weighted by Gasteiger charge is -2.28. The van der Waals surface area contributed by atoms with Crippen molar-refractivity contribution in [2.75, 3.05) is 5.32 Å². The van der Waals surface area contributed by atoms with Gasteiger partial charge < -0.3 is 10.1 Å². The van der Waals surface area contributed by atoms with Crippen molar-refractivity contribution in [3.05, 3.63) is 119 Å². The van der Waals surface area contributed by atoms with Crippen molar-refractivity contribution < 1.29 is 9.53 Å². The highest BCUT2D eigenvalue weighted by Gasteiger charge is 2.35. The van der Waals surface area contributed by atoms with Gasteiger partial charge in [0.1, 0.15) is 12.6 Å². The van der Waals surface area contributed by atoms with E-state index in [-0.39, 0.29) is 6.61 Å². The smallest absolute Gasteiger partial charge is 0.338 e. The summed E-state index contributed by atoms with van der Waals surface area (Å²) in [5.74, 6) is 0.0711. The molecule has 0 spiro atoms. The Labute approximate surface area is 208 Å². The maximum atomic E-state index is 13.6. The maximum Gasteiger partial charge on any atom is 0.338 e. The molecule has 1 aliphatic heterocycles. The lowest BCUT2D eigenvalue weighted by molar-refractivity contribution is -0.140. The van der Waals surface area contributed by atoms with Gasteiger partial charge in [-0.25, -0.2) is 4.79 Å². The number of tetrazole rings is 1. The molecule has 2 heterocycles. The topological polar surface area (TPSA) is 81.9 Å². The Morgan fingerprint density at radius 3 is 2.56 bits per heavy atom. The number of ether oxygens (including phenoxy) is 1. The van der Waals surface area contributed by atoms with E-state index >= 15 is 0 Å². The van der Waals surface area contributed by atoms with Gasteiger partial charge in [-0.2, -0.15) is 4.68 Å². The zero-order valence-electron chi connectivity index (χ0n) is 19.6. The van der Waals surface area contributed by atoms with Gasteiger partial charge in [0.25, 0.3) is 0 Å². The summed E-state index contributed by atoms with van der Waals surface area (Å²) in [4.78, 5) is 13.6. The molecule has 0 saturated carbocycles. The Kier molecular flexibility index (Phi) is 5.50. The van der Waals surface area contributed by atoms with Crippen molar-refractivity contribution in [2.45, 2.75) is 19.6 Å². The predicted molar refractivity (Wildman–Crippen MR) is 138 cm³/mol. The minimum atomic E-state index is -0.523. The van der Waals surface area contributed by atoms with E-state index in [1.165, 1.54) is 0 Å². The van der Waals surface area contributed by atoms with Crippen molar-refractivity contribution >= 4 is 22.7 Å². The van der Waals surface area contributed by atoms with Gasteiger partial charge in [0, 0.05) is 5.70 Å². The summed E-state index contributed by atoms with van der Waals surface area (Å²) in [6.45, 7) is 2.00. The van der Waals surface area contributed by atoms with Crippen LogP contribution in [0.3, 0.4) is 0 Å². The highest BCUT2D eigenvalue weighted by molar-refractivity contribution is 5.95. The zero-order valence-corrected chi connectivity index (χ0v) is 19.6. The van der Waals surface area contributed by atoms with Crippen molar-refractivity contribution in [3.8, 4) is 11.1 Å². The lowest BCUT2D eigenvalue weighted by Crippen LogP contribution is -2.29. The minimum absolute atomic E-state index is 0.154. The number of carbonyl (C=O) groups excluding carboxylic acids is 1. The molecule has 0 amide bonds. The third-order valence-corrected chi connectivity index (χ3v) is 6.46. The summed E-state index contributed by atoms with van der Waals surface area (Å²) in [6, 6.07) is 31.8. The number of nitrogens with one attached hydrogen (secondary N) is 1. The van der Waals surface area contributed by atoms with E-state index in [0.717, 1.165) is 33.0 Å². The molecule has 1 aromatic heterocycles. The predicted octanol–water partition coefficient (Wildman–Crippen LogP) is 5.53. The Morgan fingerprint density at radius 1 is 0.917 bits per heavy atom. The first-order valence-corrected chi connectivity index (χ1v) is 11.7. The summed E-state index contributed by atoms with van der Waals surface area (Å²) in [5.41, 5.74) is 5.18. The third kappa shape index (κ3) is 3.90. The number of fused-ring (bicyclic) bond motifs is 2. The molecule has 0 saturated heterocycles.